The molecule has 0 aromatic rings. The van der Waals surface area contributed by atoms with Crippen LogP contribution in [0.4, 0.5) is 0 Å². The van der Waals surface area contributed by atoms with Gasteiger partial charge in [0.05, 0.1) is 20.6 Å². The Labute approximate surface area is 217 Å². The first-order chi connectivity index (χ1) is 15.5. The minimum Gasteiger partial charge on any atom is -1.00 e. The van der Waals surface area contributed by atoms with E-state index in [1.165, 1.54) is 141 Å². The van der Waals surface area contributed by atoms with Crippen LogP contribution in [0.5, 0.6) is 0 Å². The first-order valence-corrected chi connectivity index (χ1v) is 15.0. The zero-order chi connectivity index (χ0) is 23.9. The van der Waals surface area contributed by atoms with E-state index in [0.717, 1.165) is 10.4 Å². The van der Waals surface area contributed by atoms with Crippen LogP contribution in [0.3, 0.4) is 0 Å². The highest BCUT2D eigenvalue weighted by molar-refractivity contribution is 4.80. The summed E-state index contributed by atoms with van der Waals surface area (Å²) in [5.74, 6) is 0.873. The lowest BCUT2D eigenvalue weighted by atomic mass is 9.95. The number of hydrogen-bond acceptors (Lipinski definition) is 0. The van der Waals surface area contributed by atoms with Crippen LogP contribution in [-0.4, -0.2) is 31.2 Å². The minimum atomic E-state index is 0. The van der Waals surface area contributed by atoms with Crippen LogP contribution in [0.1, 0.15) is 156 Å². The molecule has 200 valence electrons. The van der Waals surface area contributed by atoms with Crippen LogP contribution in [-0.2, 0) is 0 Å². The lowest BCUT2D eigenvalue weighted by Crippen LogP contribution is -3.00. The standard InChI is InChI=1S/C31H64N.ClH/c1-7-11-13-14-15-16-17-18-19-20-21-22-23-24-25-26-28-31(10-4)32(5,6)29-30(9-3)27-12-8-2;/h10,30-31H,4,7-9,11-29H2,1-3,5-6H3;1H/q+1;/p-1. The monoisotopic (exact) mass is 485 g/mol. The first kappa shape index (κ1) is 35.2. The molecule has 0 aliphatic rings. The average Bonchev–Trinajstić information content (AvgIpc) is 2.78. The summed E-state index contributed by atoms with van der Waals surface area (Å²) in [6, 6.07) is 0.623. The van der Waals surface area contributed by atoms with E-state index in [1.807, 2.05) is 0 Å². The van der Waals surface area contributed by atoms with Gasteiger partial charge in [0.1, 0.15) is 6.04 Å². The highest BCUT2D eigenvalue weighted by Crippen LogP contribution is 2.23. The van der Waals surface area contributed by atoms with Crippen LogP contribution < -0.4 is 12.4 Å². The topological polar surface area (TPSA) is 0 Å². The fraction of sp³-hybridized carbons (Fsp3) is 0.935. The van der Waals surface area contributed by atoms with E-state index in [0.29, 0.717) is 6.04 Å². The van der Waals surface area contributed by atoms with Crippen LogP contribution in [0, 0.1) is 5.92 Å². The molecular formula is C31H64ClN. The molecule has 0 saturated carbocycles. The molecule has 0 aromatic carbocycles. The van der Waals surface area contributed by atoms with Crippen LogP contribution in [0.2, 0.25) is 0 Å². The molecule has 0 fully saturated rings. The predicted octanol–water partition coefficient (Wildman–Crippen LogP) is 7.49. The summed E-state index contributed by atoms with van der Waals surface area (Å²) in [5, 5.41) is 0. The van der Waals surface area contributed by atoms with Gasteiger partial charge in [-0.15, -0.1) is 0 Å². The molecule has 2 heteroatoms. The summed E-state index contributed by atoms with van der Waals surface area (Å²) in [6.45, 7) is 12.5. The van der Waals surface area contributed by atoms with Crippen molar-refractivity contribution < 1.29 is 16.9 Å². The quantitative estimate of drug-likeness (QED) is 0.0713. The number of nitrogens with zero attached hydrogens (tertiary/aromatic N) is 1. The van der Waals surface area contributed by atoms with Gasteiger partial charge in [-0.2, -0.15) is 0 Å². The van der Waals surface area contributed by atoms with E-state index < -0.39 is 0 Å². The van der Waals surface area contributed by atoms with Crippen molar-refractivity contribution in [1.82, 2.24) is 0 Å². The lowest BCUT2D eigenvalue weighted by molar-refractivity contribution is -0.912. The fourth-order valence-electron chi connectivity index (χ4n) is 5.37. The normalized spacial score (nSPS) is 13.5. The molecule has 0 aliphatic carbocycles. The van der Waals surface area contributed by atoms with E-state index in [-0.39, 0.29) is 12.4 Å². The van der Waals surface area contributed by atoms with Crippen LogP contribution in [0.15, 0.2) is 12.7 Å². The maximum absolute atomic E-state index is 4.20. The van der Waals surface area contributed by atoms with E-state index >= 15 is 0 Å². The predicted molar refractivity (Wildman–Crippen MR) is 148 cm³/mol. The summed E-state index contributed by atoms with van der Waals surface area (Å²) in [7, 11) is 4.88. The molecule has 0 bridgehead atoms. The number of rotatable bonds is 25. The second-order valence-electron chi connectivity index (χ2n) is 11.3. The maximum Gasteiger partial charge on any atom is 0.107 e. The second kappa shape index (κ2) is 25.1. The van der Waals surface area contributed by atoms with Crippen molar-refractivity contribution in [3.8, 4) is 0 Å². The van der Waals surface area contributed by atoms with Gasteiger partial charge in [-0.3, -0.25) is 0 Å². The molecule has 0 aromatic heterocycles. The molecule has 0 aliphatic heterocycles. The van der Waals surface area contributed by atoms with Gasteiger partial charge < -0.3 is 16.9 Å². The van der Waals surface area contributed by atoms with Crippen LogP contribution >= 0.6 is 0 Å². The maximum atomic E-state index is 4.20. The third-order valence-corrected chi connectivity index (χ3v) is 7.80. The molecule has 0 amide bonds. The Morgan fingerprint density at radius 2 is 0.970 bits per heavy atom. The largest absolute Gasteiger partial charge is 1.00 e. The lowest BCUT2D eigenvalue weighted by Gasteiger charge is -2.39. The molecule has 0 rings (SSSR count). The third kappa shape index (κ3) is 21.0. The van der Waals surface area contributed by atoms with Gasteiger partial charge in [0.15, 0.2) is 0 Å². The van der Waals surface area contributed by atoms with Crippen molar-refractivity contribution >= 4 is 0 Å². The zero-order valence-corrected chi connectivity index (χ0v) is 24.6. The molecule has 0 N–H and O–H groups in total. The summed E-state index contributed by atoms with van der Waals surface area (Å²) in [4.78, 5) is 0. The smallest absolute Gasteiger partial charge is 0.107 e. The van der Waals surface area contributed by atoms with Crippen molar-refractivity contribution in [2.45, 2.75) is 162 Å². The van der Waals surface area contributed by atoms with E-state index in [9.17, 15) is 0 Å². The van der Waals surface area contributed by atoms with Gasteiger partial charge in [0.2, 0.25) is 0 Å². The fourth-order valence-corrected chi connectivity index (χ4v) is 5.37. The van der Waals surface area contributed by atoms with E-state index in [4.69, 9.17) is 0 Å². The van der Waals surface area contributed by atoms with Gasteiger partial charge >= 0.3 is 0 Å². The van der Waals surface area contributed by atoms with Crippen molar-refractivity contribution in [1.29, 1.82) is 0 Å². The highest BCUT2D eigenvalue weighted by Gasteiger charge is 2.28. The molecule has 2 atom stereocenters. The minimum absolute atomic E-state index is 0. The molecule has 0 heterocycles. The van der Waals surface area contributed by atoms with Gasteiger partial charge in [-0.25, -0.2) is 0 Å². The summed E-state index contributed by atoms with van der Waals surface area (Å²) >= 11 is 0. The SMILES string of the molecule is C=CC(CCCCCCCCCCCCCCCCCC)[N+](C)(C)CC(CC)CCCC.[Cl-]. The number of likely N-dealkylation sites (N-methyl/N-ethyl adjacent to an activating group) is 1. The number of unbranched alkanes of at least 4 members (excludes halogenated alkanes) is 16. The van der Waals surface area contributed by atoms with E-state index in [2.05, 4.69) is 47.5 Å². The summed E-state index contributed by atoms with van der Waals surface area (Å²) in [5.41, 5.74) is 0. The average molecular weight is 486 g/mol. The van der Waals surface area contributed by atoms with Crippen molar-refractivity contribution in [3.63, 3.8) is 0 Å². The van der Waals surface area contributed by atoms with Crippen molar-refractivity contribution in [3.05, 3.63) is 12.7 Å². The number of hydrogen-bond donors (Lipinski definition) is 0. The second-order valence-corrected chi connectivity index (χ2v) is 11.3. The molecule has 0 radical (unpaired) electrons. The zero-order valence-electron chi connectivity index (χ0n) is 23.8. The molecule has 33 heavy (non-hydrogen) atoms. The van der Waals surface area contributed by atoms with E-state index in [1.54, 1.807) is 0 Å². The molecule has 0 spiro atoms. The van der Waals surface area contributed by atoms with Crippen LogP contribution in [0.25, 0.3) is 0 Å². The van der Waals surface area contributed by atoms with Gasteiger partial charge in [-0.1, -0.05) is 137 Å². The molecular weight excluding hydrogens is 422 g/mol. The first-order valence-electron chi connectivity index (χ1n) is 15.0. The Morgan fingerprint density at radius 1 is 0.576 bits per heavy atom. The number of quaternary nitrogens is 1. The van der Waals surface area contributed by atoms with Gasteiger partial charge in [-0.05, 0) is 25.3 Å². The third-order valence-electron chi connectivity index (χ3n) is 7.80. The molecule has 0 saturated heterocycles. The molecule has 1 nitrogen and oxygen atoms in total. The summed E-state index contributed by atoms with van der Waals surface area (Å²) < 4.78 is 1.13. The summed E-state index contributed by atoms with van der Waals surface area (Å²) in [6.07, 6.45) is 32.2. The Hall–Kier alpha value is -0.0100. The Kier molecular flexibility index (Phi) is 26.7. The Bertz CT molecular complexity index is 392. The number of halogens is 1. The Morgan fingerprint density at radius 3 is 1.33 bits per heavy atom. The van der Waals surface area contributed by atoms with Crippen molar-refractivity contribution in [2.24, 2.45) is 5.92 Å². The highest BCUT2D eigenvalue weighted by atomic mass is 35.5. The van der Waals surface area contributed by atoms with Gasteiger partial charge in [0, 0.05) is 12.3 Å². The van der Waals surface area contributed by atoms with Crippen molar-refractivity contribution in [2.75, 3.05) is 20.6 Å². The molecule has 2 unspecified atom stereocenters. The van der Waals surface area contributed by atoms with Gasteiger partial charge in [0.25, 0.3) is 0 Å². The Balaban J connectivity index is 0.